The first kappa shape index (κ1) is 14.3. The molecular weight excluding hydrogens is 226 g/mol. The first-order chi connectivity index (χ1) is 8.61. The summed E-state index contributed by atoms with van der Waals surface area (Å²) in [6.07, 6.45) is 7.25. The third-order valence-electron chi connectivity index (χ3n) is 4.45. The van der Waals surface area contributed by atoms with E-state index >= 15 is 0 Å². The maximum Gasteiger partial charge on any atom is 0.168 e. The van der Waals surface area contributed by atoms with Gasteiger partial charge in [-0.05, 0) is 45.2 Å². The van der Waals surface area contributed by atoms with Gasteiger partial charge in [-0.15, -0.1) is 0 Å². The normalized spacial score (nSPS) is 24.5. The zero-order valence-corrected chi connectivity index (χ0v) is 12.3. The Morgan fingerprint density at radius 3 is 2.33 bits per heavy atom. The number of nitrogens with zero attached hydrogens (tertiary/aromatic N) is 1. The van der Waals surface area contributed by atoms with Crippen molar-refractivity contribution in [3.05, 3.63) is 0 Å². The molecule has 1 aliphatic heterocycles. The van der Waals surface area contributed by atoms with Crippen LogP contribution in [0.1, 0.15) is 52.4 Å². The van der Waals surface area contributed by atoms with Gasteiger partial charge in [0.1, 0.15) is 0 Å². The second-order valence-corrected chi connectivity index (χ2v) is 6.36. The Balaban J connectivity index is 1.68. The summed E-state index contributed by atoms with van der Waals surface area (Å²) in [5, 5.41) is 0. The van der Waals surface area contributed by atoms with E-state index in [2.05, 4.69) is 25.8 Å². The number of hydrogen-bond acceptors (Lipinski definition) is 3. The molecule has 2 aliphatic rings. The third-order valence-corrected chi connectivity index (χ3v) is 4.45. The largest absolute Gasteiger partial charge is 0.348 e. The highest BCUT2D eigenvalue weighted by Gasteiger charge is 2.40. The lowest BCUT2D eigenvalue weighted by Gasteiger charge is -2.39. The topological polar surface area (TPSA) is 21.7 Å². The van der Waals surface area contributed by atoms with E-state index in [1.165, 1.54) is 32.2 Å². The van der Waals surface area contributed by atoms with Gasteiger partial charge in [-0.1, -0.05) is 13.8 Å². The predicted octanol–water partition coefficient (Wildman–Crippen LogP) is 3.04. The van der Waals surface area contributed by atoms with Gasteiger partial charge in [0.2, 0.25) is 0 Å². The number of rotatable bonds is 5. The van der Waals surface area contributed by atoms with Gasteiger partial charge in [-0.25, -0.2) is 0 Å². The fourth-order valence-corrected chi connectivity index (χ4v) is 3.20. The average molecular weight is 255 g/mol. The molecule has 0 N–H and O–H groups in total. The van der Waals surface area contributed by atoms with E-state index < -0.39 is 0 Å². The molecule has 1 saturated heterocycles. The minimum absolute atomic E-state index is 0.199. The van der Waals surface area contributed by atoms with E-state index in [-0.39, 0.29) is 5.79 Å². The van der Waals surface area contributed by atoms with Crippen molar-refractivity contribution in [2.75, 3.05) is 26.8 Å². The highest BCUT2D eigenvalue weighted by molar-refractivity contribution is 4.85. The fourth-order valence-electron chi connectivity index (χ4n) is 3.20. The minimum atomic E-state index is -0.199. The standard InChI is InChI=1S/C15H29NO2/c1-13(2)5-4-10-16(3)14-6-8-15(9-7-14)17-11-12-18-15/h13-14H,4-12H2,1-3H3. The Hall–Kier alpha value is -0.120. The highest BCUT2D eigenvalue weighted by Crippen LogP contribution is 2.37. The Bertz CT molecular complexity index is 239. The smallest absolute Gasteiger partial charge is 0.168 e. The van der Waals surface area contributed by atoms with Gasteiger partial charge in [-0.2, -0.15) is 0 Å². The maximum atomic E-state index is 5.78. The molecule has 3 heteroatoms. The second kappa shape index (κ2) is 6.36. The lowest BCUT2D eigenvalue weighted by molar-refractivity contribution is -0.183. The van der Waals surface area contributed by atoms with Crippen molar-refractivity contribution in [3.8, 4) is 0 Å². The highest BCUT2D eigenvalue weighted by atomic mass is 16.7. The van der Waals surface area contributed by atoms with Gasteiger partial charge in [0.15, 0.2) is 5.79 Å². The summed E-state index contributed by atoms with van der Waals surface area (Å²) in [6, 6.07) is 0.732. The van der Waals surface area contributed by atoms with E-state index in [1.54, 1.807) is 0 Å². The Morgan fingerprint density at radius 2 is 1.78 bits per heavy atom. The van der Waals surface area contributed by atoms with Gasteiger partial charge in [0.05, 0.1) is 13.2 Å². The zero-order chi connectivity index (χ0) is 13.0. The number of ether oxygens (including phenoxy) is 2. The fraction of sp³-hybridized carbons (Fsp3) is 1.00. The quantitative estimate of drug-likeness (QED) is 0.753. The van der Waals surface area contributed by atoms with Crippen molar-refractivity contribution in [2.24, 2.45) is 5.92 Å². The van der Waals surface area contributed by atoms with Crippen LogP contribution in [0.2, 0.25) is 0 Å². The molecule has 1 heterocycles. The van der Waals surface area contributed by atoms with Crippen molar-refractivity contribution in [2.45, 2.75) is 64.2 Å². The molecule has 2 fully saturated rings. The van der Waals surface area contributed by atoms with Crippen LogP contribution in [0.25, 0.3) is 0 Å². The maximum absolute atomic E-state index is 5.78. The van der Waals surface area contributed by atoms with Crippen LogP contribution in [0.3, 0.4) is 0 Å². The van der Waals surface area contributed by atoms with E-state index in [1.807, 2.05) is 0 Å². The summed E-state index contributed by atoms with van der Waals surface area (Å²) < 4.78 is 11.6. The molecule has 106 valence electrons. The third kappa shape index (κ3) is 3.69. The molecule has 0 bridgehead atoms. The van der Waals surface area contributed by atoms with E-state index in [0.717, 1.165) is 38.0 Å². The van der Waals surface area contributed by atoms with Gasteiger partial charge in [0, 0.05) is 18.9 Å². The first-order valence-electron chi connectivity index (χ1n) is 7.59. The summed E-state index contributed by atoms with van der Waals surface area (Å²) in [5.74, 6) is 0.628. The second-order valence-electron chi connectivity index (χ2n) is 6.36. The molecule has 0 unspecified atom stereocenters. The minimum Gasteiger partial charge on any atom is -0.348 e. The lowest BCUT2D eigenvalue weighted by atomic mass is 9.89. The molecule has 0 aromatic heterocycles. The molecule has 0 aromatic rings. The van der Waals surface area contributed by atoms with Crippen LogP contribution in [0, 0.1) is 5.92 Å². The summed E-state index contributed by atoms with van der Waals surface area (Å²) in [4.78, 5) is 2.55. The van der Waals surface area contributed by atoms with Crippen LogP contribution >= 0.6 is 0 Å². The van der Waals surface area contributed by atoms with Crippen molar-refractivity contribution < 1.29 is 9.47 Å². The SMILES string of the molecule is CC(C)CCCN(C)C1CCC2(CC1)OCCO2. The Morgan fingerprint density at radius 1 is 1.17 bits per heavy atom. The first-order valence-corrected chi connectivity index (χ1v) is 7.59. The predicted molar refractivity (Wildman–Crippen MR) is 73.6 cm³/mol. The van der Waals surface area contributed by atoms with Crippen molar-refractivity contribution in [3.63, 3.8) is 0 Å². The van der Waals surface area contributed by atoms with Crippen molar-refractivity contribution >= 4 is 0 Å². The van der Waals surface area contributed by atoms with E-state index in [0.29, 0.717) is 0 Å². The van der Waals surface area contributed by atoms with Crippen LogP contribution in [0.5, 0.6) is 0 Å². The molecule has 1 spiro atoms. The van der Waals surface area contributed by atoms with Crippen LogP contribution in [0.15, 0.2) is 0 Å². The van der Waals surface area contributed by atoms with Crippen molar-refractivity contribution in [1.82, 2.24) is 4.90 Å². The summed E-state index contributed by atoms with van der Waals surface area (Å²) >= 11 is 0. The Kier molecular flexibility index (Phi) is 5.05. The van der Waals surface area contributed by atoms with Gasteiger partial charge in [0.25, 0.3) is 0 Å². The van der Waals surface area contributed by atoms with Gasteiger partial charge < -0.3 is 14.4 Å². The van der Waals surface area contributed by atoms with Crippen LogP contribution in [-0.4, -0.2) is 43.5 Å². The molecule has 1 saturated carbocycles. The Labute approximate surface area is 112 Å². The number of hydrogen-bond donors (Lipinski definition) is 0. The molecule has 0 radical (unpaired) electrons. The average Bonchev–Trinajstić information content (AvgIpc) is 2.78. The van der Waals surface area contributed by atoms with Crippen LogP contribution in [0.4, 0.5) is 0 Å². The molecular formula is C15H29NO2. The van der Waals surface area contributed by atoms with Gasteiger partial charge in [-0.3, -0.25) is 0 Å². The molecule has 0 amide bonds. The van der Waals surface area contributed by atoms with Crippen molar-refractivity contribution in [1.29, 1.82) is 0 Å². The molecule has 1 aliphatic carbocycles. The summed E-state index contributed by atoms with van der Waals surface area (Å²) in [5.41, 5.74) is 0. The monoisotopic (exact) mass is 255 g/mol. The van der Waals surface area contributed by atoms with Crippen LogP contribution in [-0.2, 0) is 9.47 Å². The molecule has 3 nitrogen and oxygen atoms in total. The molecule has 0 atom stereocenters. The lowest BCUT2D eigenvalue weighted by Crippen LogP contribution is -2.43. The van der Waals surface area contributed by atoms with Gasteiger partial charge >= 0.3 is 0 Å². The van der Waals surface area contributed by atoms with E-state index in [4.69, 9.17) is 9.47 Å². The zero-order valence-electron chi connectivity index (χ0n) is 12.3. The molecule has 0 aromatic carbocycles. The molecule has 2 rings (SSSR count). The summed E-state index contributed by atoms with van der Waals surface area (Å²) in [7, 11) is 2.28. The summed E-state index contributed by atoms with van der Waals surface area (Å²) in [6.45, 7) is 7.42. The molecule has 18 heavy (non-hydrogen) atoms. The van der Waals surface area contributed by atoms with Crippen LogP contribution < -0.4 is 0 Å². The van der Waals surface area contributed by atoms with E-state index in [9.17, 15) is 0 Å².